The largest absolute Gasteiger partial charge is 0.368 e. The maximum atomic E-state index is 13.0. The van der Waals surface area contributed by atoms with Gasteiger partial charge in [0.1, 0.15) is 0 Å². The lowest BCUT2D eigenvalue weighted by Gasteiger charge is -2.37. The minimum absolute atomic E-state index is 0.127. The molecule has 1 aliphatic heterocycles. The van der Waals surface area contributed by atoms with Crippen LogP contribution < -0.4 is 4.90 Å². The number of hydrogen-bond donors (Lipinski definition) is 0. The van der Waals surface area contributed by atoms with Crippen LogP contribution in [0.3, 0.4) is 0 Å². The summed E-state index contributed by atoms with van der Waals surface area (Å²) in [6, 6.07) is 16.5. The molecule has 1 aromatic heterocycles. The quantitative estimate of drug-likeness (QED) is 0.589. The summed E-state index contributed by atoms with van der Waals surface area (Å²) in [6.45, 7) is 9.20. The molecule has 3 aromatic rings. The molecule has 1 atom stereocenters. The summed E-state index contributed by atoms with van der Waals surface area (Å²) < 4.78 is 1.70. The number of benzene rings is 2. The third kappa shape index (κ3) is 4.33. The minimum Gasteiger partial charge on any atom is -0.368 e. The predicted molar refractivity (Wildman–Crippen MR) is 119 cm³/mol. The molecule has 0 bridgehead atoms. The maximum absolute atomic E-state index is 13.0. The third-order valence-electron chi connectivity index (χ3n) is 5.52. The second-order valence-corrected chi connectivity index (χ2v) is 8.86. The summed E-state index contributed by atoms with van der Waals surface area (Å²) in [4.78, 5) is 17.3. The maximum Gasteiger partial charge on any atom is 0.236 e. The molecule has 0 aliphatic carbocycles. The Hall–Kier alpha value is -2.87. The van der Waals surface area contributed by atoms with Gasteiger partial charge < -0.3 is 9.80 Å². The monoisotopic (exact) mass is 422 g/mol. The number of piperazine rings is 1. The number of aromatic nitrogens is 4. The van der Waals surface area contributed by atoms with E-state index in [0.29, 0.717) is 5.16 Å². The van der Waals surface area contributed by atoms with Crippen molar-refractivity contribution in [3.63, 3.8) is 0 Å². The Morgan fingerprint density at radius 2 is 1.70 bits per heavy atom. The topological polar surface area (TPSA) is 67.2 Å². The van der Waals surface area contributed by atoms with E-state index in [4.69, 9.17) is 0 Å². The van der Waals surface area contributed by atoms with E-state index in [0.717, 1.165) is 31.9 Å². The van der Waals surface area contributed by atoms with Crippen molar-refractivity contribution in [2.24, 2.45) is 0 Å². The molecule has 1 amide bonds. The van der Waals surface area contributed by atoms with Crippen LogP contribution in [0.15, 0.2) is 53.7 Å². The number of rotatable bonds is 5. The highest BCUT2D eigenvalue weighted by molar-refractivity contribution is 8.00. The molecule has 1 fully saturated rings. The van der Waals surface area contributed by atoms with Crippen molar-refractivity contribution in [1.82, 2.24) is 25.1 Å². The molecule has 0 spiro atoms. The lowest BCUT2D eigenvalue weighted by Crippen LogP contribution is -2.50. The Kier molecular flexibility index (Phi) is 6.03. The van der Waals surface area contributed by atoms with Crippen LogP contribution in [0, 0.1) is 13.8 Å². The van der Waals surface area contributed by atoms with E-state index in [1.165, 1.54) is 28.6 Å². The number of carbonyl (C=O) groups excluding carboxylic acids is 1. The lowest BCUT2D eigenvalue weighted by atomic mass is 10.1. The van der Waals surface area contributed by atoms with Crippen LogP contribution in [0.2, 0.25) is 0 Å². The Balaban J connectivity index is 1.39. The highest BCUT2D eigenvalue weighted by Gasteiger charge is 2.27. The van der Waals surface area contributed by atoms with Crippen molar-refractivity contribution in [2.75, 3.05) is 31.1 Å². The van der Waals surface area contributed by atoms with Crippen LogP contribution in [0.1, 0.15) is 18.1 Å². The number of anilines is 1. The smallest absolute Gasteiger partial charge is 0.236 e. The van der Waals surface area contributed by atoms with E-state index in [9.17, 15) is 4.79 Å². The van der Waals surface area contributed by atoms with Gasteiger partial charge in [0.25, 0.3) is 0 Å². The van der Waals surface area contributed by atoms with Crippen molar-refractivity contribution in [1.29, 1.82) is 0 Å². The van der Waals surface area contributed by atoms with E-state index >= 15 is 0 Å². The second kappa shape index (κ2) is 8.87. The van der Waals surface area contributed by atoms with Gasteiger partial charge in [-0.1, -0.05) is 36.0 Å². The van der Waals surface area contributed by atoms with Gasteiger partial charge in [-0.2, -0.15) is 4.68 Å². The Morgan fingerprint density at radius 1 is 0.967 bits per heavy atom. The van der Waals surface area contributed by atoms with Gasteiger partial charge in [-0.25, -0.2) is 0 Å². The fraction of sp³-hybridized carbons (Fsp3) is 0.364. The number of hydrogen-bond acceptors (Lipinski definition) is 6. The van der Waals surface area contributed by atoms with Crippen molar-refractivity contribution < 1.29 is 4.79 Å². The van der Waals surface area contributed by atoms with Crippen LogP contribution in [0.5, 0.6) is 0 Å². The summed E-state index contributed by atoms with van der Waals surface area (Å²) in [5, 5.41) is 12.5. The van der Waals surface area contributed by atoms with Gasteiger partial charge in [0, 0.05) is 31.9 Å². The summed E-state index contributed by atoms with van der Waals surface area (Å²) in [7, 11) is 0. The number of tetrazole rings is 1. The molecule has 4 rings (SSSR count). The lowest BCUT2D eigenvalue weighted by molar-refractivity contribution is -0.130. The van der Waals surface area contributed by atoms with Gasteiger partial charge in [0.2, 0.25) is 11.1 Å². The third-order valence-corrected chi connectivity index (χ3v) is 6.54. The molecule has 156 valence electrons. The Labute approximate surface area is 181 Å². The molecule has 0 saturated carbocycles. The van der Waals surface area contributed by atoms with Crippen LogP contribution in [-0.4, -0.2) is 62.4 Å². The Morgan fingerprint density at radius 3 is 2.40 bits per heavy atom. The van der Waals surface area contributed by atoms with Gasteiger partial charge >= 0.3 is 0 Å². The first-order valence-corrected chi connectivity index (χ1v) is 11.0. The normalized spacial score (nSPS) is 15.3. The van der Waals surface area contributed by atoms with Gasteiger partial charge in [0.05, 0.1) is 10.9 Å². The van der Waals surface area contributed by atoms with Gasteiger partial charge in [-0.05, 0) is 66.6 Å². The highest BCUT2D eigenvalue weighted by atomic mass is 32.2. The summed E-state index contributed by atoms with van der Waals surface area (Å²) in [5.74, 6) is 0.127. The SMILES string of the molecule is Cc1ccc(-n2nnnc2SC(C)C(=O)N2CCN(c3ccccc3)CC2)cc1C. The average molecular weight is 423 g/mol. The number of aryl methyl sites for hydroxylation is 2. The van der Waals surface area contributed by atoms with E-state index < -0.39 is 0 Å². The van der Waals surface area contributed by atoms with Crippen LogP contribution in [0.25, 0.3) is 5.69 Å². The molecule has 1 unspecified atom stereocenters. The van der Waals surface area contributed by atoms with Gasteiger partial charge in [-0.15, -0.1) is 5.10 Å². The van der Waals surface area contributed by atoms with E-state index in [1.54, 1.807) is 4.68 Å². The number of amides is 1. The molecule has 0 N–H and O–H groups in total. The molecular formula is C22H26N6OS. The summed E-state index contributed by atoms with van der Waals surface area (Å²) in [5.41, 5.74) is 4.51. The zero-order chi connectivity index (χ0) is 21.1. The molecule has 1 saturated heterocycles. The number of thioether (sulfide) groups is 1. The summed E-state index contributed by atoms with van der Waals surface area (Å²) in [6.07, 6.45) is 0. The Bertz CT molecular complexity index is 1010. The standard InChI is InChI=1S/C22H26N6OS/c1-16-9-10-20(15-17(16)2)28-22(23-24-25-28)30-18(3)21(29)27-13-11-26(12-14-27)19-7-5-4-6-8-19/h4-10,15,18H,11-14H2,1-3H3. The van der Waals surface area contributed by atoms with E-state index in [-0.39, 0.29) is 11.2 Å². The van der Waals surface area contributed by atoms with Gasteiger partial charge in [-0.3, -0.25) is 4.79 Å². The molecule has 8 heteroatoms. The molecule has 2 aromatic carbocycles. The molecule has 1 aliphatic rings. The minimum atomic E-state index is -0.260. The van der Waals surface area contributed by atoms with Crippen LogP contribution >= 0.6 is 11.8 Å². The van der Waals surface area contributed by atoms with Crippen molar-refractivity contribution >= 4 is 23.4 Å². The second-order valence-electron chi connectivity index (χ2n) is 7.55. The first-order chi connectivity index (χ1) is 14.5. The van der Waals surface area contributed by atoms with Crippen LogP contribution in [-0.2, 0) is 4.79 Å². The summed E-state index contributed by atoms with van der Waals surface area (Å²) >= 11 is 1.40. The molecule has 30 heavy (non-hydrogen) atoms. The predicted octanol–water partition coefficient (Wildman–Crippen LogP) is 3.11. The highest BCUT2D eigenvalue weighted by Crippen LogP contribution is 2.26. The average Bonchev–Trinajstić information content (AvgIpc) is 3.24. The molecule has 0 radical (unpaired) electrons. The van der Waals surface area contributed by atoms with Gasteiger partial charge in [0.15, 0.2) is 0 Å². The number of carbonyl (C=O) groups is 1. The van der Waals surface area contributed by atoms with E-state index in [2.05, 4.69) is 58.5 Å². The zero-order valence-electron chi connectivity index (χ0n) is 17.5. The molecule has 7 nitrogen and oxygen atoms in total. The first kappa shape index (κ1) is 20.4. The van der Waals surface area contributed by atoms with Crippen molar-refractivity contribution in [2.45, 2.75) is 31.2 Å². The fourth-order valence-corrected chi connectivity index (χ4v) is 4.45. The van der Waals surface area contributed by atoms with Crippen molar-refractivity contribution in [3.05, 3.63) is 59.7 Å². The van der Waals surface area contributed by atoms with Crippen molar-refractivity contribution in [3.8, 4) is 5.69 Å². The zero-order valence-corrected chi connectivity index (χ0v) is 18.3. The van der Waals surface area contributed by atoms with Crippen LogP contribution in [0.4, 0.5) is 5.69 Å². The number of nitrogens with zero attached hydrogens (tertiary/aromatic N) is 6. The number of para-hydroxylation sites is 1. The molecular weight excluding hydrogens is 396 g/mol. The van der Waals surface area contributed by atoms with E-state index in [1.807, 2.05) is 36.1 Å². The molecule has 2 heterocycles. The fourth-order valence-electron chi connectivity index (χ4n) is 3.56. The first-order valence-electron chi connectivity index (χ1n) is 10.1.